The normalized spacial score (nSPS) is 29.7. The number of ether oxygens (including phenoxy) is 1. The molecule has 0 radical (unpaired) electrons. The summed E-state index contributed by atoms with van der Waals surface area (Å²) in [7, 11) is 0.905. The van der Waals surface area contributed by atoms with E-state index in [1.807, 2.05) is 0 Å². The zero-order valence-electron chi connectivity index (χ0n) is 9.61. The first-order valence-corrected chi connectivity index (χ1v) is 7.24. The van der Waals surface area contributed by atoms with Gasteiger partial charge in [0.05, 0.1) is 6.61 Å². The Morgan fingerprint density at radius 1 is 1.33 bits per heavy atom. The molecule has 1 fully saturated rings. The standard InChI is InChI=1S/C11H23NO2S/c1-14-7-8-15(13)11-6-4-2-3-5-10(11)9-12/h10-11H,2-9,12H2,1H3. The van der Waals surface area contributed by atoms with Crippen LogP contribution in [0.5, 0.6) is 0 Å². The van der Waals surface area contributed by atoms with Crippen molar-refractivity contribution >= 4 is 10.8 Å². The van der Waals surface area contributed by atoms with Crippen molar-refractivity contribution in [2.75, 3.05) is 26.0 Å². The lowest BCUT2D eigenvalue weighted by Crippen LogP contribution is -2.32. The summed E-state index contributed by atoms with van der Waals surface area (Å²) in [5.41, 5.74) is 5.76. The summed E-state index contributed by atoms with van der Waals surface area (Å²) >= 11 is 0. The van der Waals surface area contributed by atoms with E-state index < -0.39 is 10.8 Å². The molecule has 0 aliphatic heterocycles. The van der Waals surface area contributed by atoms with Crippen molar-refractivity contribution in [2.45, 2.75) is 37.4 Å². The lowest BCUT2D eigenvalue weighted by molar-refractivity contribution is 0.217. The number of rotatable bonds is 5. The van der Waals surface area contributed by atoms with Gasteiger partial charge in [-0.05, 0) is 25.3 Å². The first-order valence-electron chi connectivity index (χ1n) is 5.85. The van der Waals surface area contributed by atoms with E-state index in [0.29, 0.717) is 30.1 Å². The van der Waals surface area contributed by atoms with Crippen molar-refractivity contribution in [1.29, 1.82) is 0 Å². The highest BCUT2D eigenvalue weighted by Gasteiger charge is 2.27. The molecule has 4 heteroatoms. The summed E-state index contributed by atoms with van der Waals surface area (Å²) in [6.45, 7) is 1.28. The van der Waals surface area contributed by atoms with Gasteiger partial charge in [-0.3, -0.25) is 4.21 Å². The van der Waals surface area contributed by atoms with Crippen LogP contribution < -0.4 is 5.73 Å². The highest BCUT2D eigenvalue weighted by atomic mass is 32.2. The third-order valence-electron chi connectivity index (χ3n) is 3.22. The first kappa shape index (κ1) is 13.1. The second-order valence-electron chi connectivity index (χ2n) is 4.25. The summed E-state index contributed by atoms with van der Waals surface area (Å²) in [5.74, 6) is 1.13. The summed E-state index contributed by atoms with van der Waals surface area (Å²) < 4.78 is 17.0. The minimum atomic E-state index is -0.752. The van der Waals surface area contributed by atoms with Crippen LogP contribution in [0, 0.1) is 5.92 Å². The van der Waals surface area contributed by atoms with Gasteiger partial charge >= 0.3 is 0 Å². The molecule has 0 saturated heterocycles. The van der Waals surface area contributed by atoms with E-state index >= 15 is 0 Å². The minimum Gasteiger partial charge on any atom is -0.384 e. The average molecular weight is 233 g/mol. The molecule has 0 bridgehead atoms. The predicted octanol–water partition coefficient (Wildman–Crippen LogP) is 1.29. The van der Waals surface area contributed by atoms with Gasteiger partial charge in [-0.1, -0.05) is 19.3 Å². The highest BCUT2D eigenvalue weighted by molar-refractivity contribution is 7.85. The molecule has 1 aliphatic carbocycles. The number of hydrogen-bond donors (Lipinski definition) is 1. The van der Waals surface area contributed by atoms with E-state index in [1.165, 1.54) is 19.3 Å². The molecule has 1 aliphatic rings. The zero-order chi connectivity index (χ0) is 11.1. The Hall–Kier alpha value is 0.0700. The molecule has 1 rings (SSSR count). The number of hydrogen-bond acceptors (Lipinski definition) is 3. The van der Waals surface area contributed by atoms with Gasteiger partial charge in [-0.15, -0.1) is 0 Å². The van der Waals surface area contributed by atoms with Crippen LogP contribution in [0.4, 0.5) is 0 Å². The highest BCUT2D eigenvalue weighted by Crippen LogP contribution is 2.26. The molecule has 0 aromatic heterocycles. The molecule has 2 N–H and O–H groups in total. The second kappa shape index (κ2) is 7.36. The van der Waals surface area contributed by atoms with Gasteiger partial charge in [0, 0.05) is 28.9 Å². The summed E-state index contributed by atoms with van der Waals surface area (Å²) in [5, 5.41) is 0.313. The lowest BCUT2D eigenvalue weighted by Gasteiger charge is -2.22. The van der Waals surface area contributed by atoms with E-state index in [0.717, 1.165) is 12.8 Å². The van der Waals surface area contributed by atoms with Crippen molar-refractivity contribution in [3.8, 4) is 0 Å². The molecular formula is C11H23NO2S. The van der Waals surface area contributed by atoms with E-state index in [1.54, 1.807) is 7.11 Å². The molecule has 0 aromatic carbocycles. The molecule has 0 heterocycles. The molecule has 0 amide bonds. The molecule has 3 unspecified atom stereocenters. The average Bonchev–Trinajstić information content (AvgIpc) is 2.50. The fraction of sp³-hybridized carbons (Fsp3) is 1.00. The molecule has 15 heavy (non-hydrogen) atoms. The van der Waals surface area contributed by atoms with Crippen molar-refractivity contribution in [1.82, 2.24) is 0 Å². The summed E-state index contributed by atoms with van der Waals surface area (Å²) in [6.07, 6.45) is 5.96. The molecule has 0 spiro atoms. The van der Waals surface area contributed by atoms with Gasteiger partial charge in [0.1, 0.15) is 0 Å². The van der Waals surface area contributed by atoms with Gasteiger partial charge in [-0.25, -0.2) is 0 Å². The van der Waals surface area contributed by atoms with E-state index in [9.17, 15) is 4.21 Å². The van der Waals surface area contributed by atoms with E-state index in [4.69, 9.17) is 10.5 Å². The number of nitrogens with two attached hydrogens (primary N) is 1. The van der Waals surface area contributed by atoms with Gasteiger partial charge < -0.3 is 10.5 Å². The van der Waals surface area contributed by atoms with Crippen molar-refractivity contribution in [2.24, 2.45) is 11.7 Å². The van der Waals surface area contributed by atoms with Gasteiger partial charge in [0.2, 0.25) is 0 Å². The molecule has 3 nitrogen and oxygen atoms in total. The van der Waals surface area contributed by atoms with Crippen molar-refractivity contribution < 1.29 is 8.95 Å². The fourth-order valence-electron chi connectivity index (χ4n) is 2.28. The molecule has 3 atom stereocenters. The Balaban J connectivity index is 2.49. The second-order valence-corrected chi connectivity index (χ2v) is 6.03. The maximum absolute atomic E-state index is 12.1. The topological polar surface area (TPSA) is 52.3 Å². The molecule has 1 saturated carbocycles. The summed E-state index contributed by atoms with van der Waals surface area (Å²) in [4.78, 5) is 0. The lowest BCUT2D eigenvalue weighted by atomic mass is 10.0. The Labute approximate surface area is 95.2 Å². The minimum absolute atomic E-state index is 0.313. The smallest absolute Gasteiger partial charge is 0.0577 e. The van der Waals surface area contributed by atoms with E-state index in [2.05, 4.69) is 0 Å². The maximum atomic E-state index is 12.1. The third kappa shape index (κ3) is 4.21. The van der Waals surface area contributed by atoms with Crippen LogP contribution in [0.15, 0.2) is 0 Å². The van der Waals surface area contributed by atoms with Crippen molar-refractivity contribution in [3.63, 3.8) is 0 Å². The zero-order valence-corrected chi connectivity index (χ0v) is 10.4. The quantitative estimate of drug-likeness (QED) is 0.728. The van der Waals surface area contributed by atoms with Crippen LogP contribution in [-0.2, 0) is 15.5 Å². The SMILES string of the molecule is COCCS(=O)C1CCCCCC1CN. The van der Waals surface area contributed by atoms with Crippen LogP contribution >= 0.6 is 0 Å². The Morgan fingerprint density at radius 2 is 2.07 bits per heavy atom. The largest absolute Gasteiger partial charge is 0.384 e. The first-order chi connectivity index (χ1) is 7.29. The van der Waals surface area contributed by atoms with Crippen LogP contribution in [0.3, 0.4) is 0 Å². The van der Waals surface area contributed by atoms with Crippen LogP contribution in [0.2, 0.25) is 0 Å². The number of methoxy groups -OCH3 is 1. The Kier molecular flexibility index (Phi) is 6.45. The maximum Gasteiger partial charge on any atom is 0.0577 e. The predicted molar refractivity (Wildman–Crippen MR) is 64.3 cm³/mol. The van der Waals surface area contributed by atoms with Gasteiger partial charge in [0.15, 0.2) is 0 Å². The van der Waals surface area contributed by atoms with Crippen LogP contribution in [0.1, 0.15) is 32.1 Å². The molecule has 0 aromatic rings. The molecular weight excluding hydrogens is 210 g/mol. The fourth-order valence-corrected chi connectivity index (χ4v) is 4.02. The van der Waals surface area contributed by atoms with Gasteiger partial charge in [0.25, 0.3) is 0 Å². The Bertz CT molecular complexity index is 199. The van der Waals surface area contributed by atoms with E-state index in [-0.39, 0.29) is 0 Å². The third-order valence-corrected chi connectivity index (χ3v) is 5.08. The van der Waals surface area contributed by atoms with Crippen LogP contribution in [0.25, 0.3) is 0 Å². The summed E-state index contributed by atoms with van der Waals surface area (Å²) in [6, 6.07) is 0. The Morgan fingerprint density at radius 3 is 2.73 bits per heavy atom. The van der Waals surface area contributed by atoms with Crippen molar-refractivity contribution in [3.05, 3.63) is 0 Å². The van der Waals surface area contributed by atoms with Gasteiger partial charge in [-0.2, -0.15) is 0 Å². The molecule has 90 valence electrons. The monoisotopic (exact) mass is 233 g/mol. The van der Waals surface area contributed by atoms with Crippen LogP contribution in [-0.4, -0.2) is 35.5 Å².